The molecule has 0 unspecified atom stereocenters. The van der Waals surface area contributed by atoms with E-state index in [4.69, 9.17) is 0 Å². The molecule has 0 bridgehead atoms. The van der Waals surface area contributed by atoms with Gasteiger partial charge in [0.15, 0.2) is 0 Å². The van der Waals surface area contributed by atoms with Gasteiger partial charge in [-0.05, 0) is 0 Å². The van der Waals surface area contributed by atoms with Crippen LogP contribution in [0.25, 0.3) is 22.3 Å². The van der Waals surface area contributed by atoms with E-state index in [2.05, 4.69) is 163 Å². The molecule has 0 amide bonds. The van der Waals surface area contributed by atoms with Crippen LogP contribution in [0.1, 0.15) is 84.0 Å². The minimum Gasteiger partial charge on any atom is -0.147 e. The van der Waals surface area contributed by atoms with Gasteiger partial charge in [-0.2, -0.15) is 0 Å². The van der Waals surface area contributed by atoms with Crippen LogP contribution < -0.4 is 0 Å². The Balaban J connectivity index is 0.000000180. The van der Waals surface area contributed by atoms with Crippen LogP contribution in [-0.2, 0) is 41.9 Å². The zero-order valence-electron chi connectivity index (χ0n) is 28.9. The van der Waals surface area contributed by atoms with Crippen molar-refractivity contribution in [3.63, 3.8) is 0 Å². The van der Waals surface area contributed by atoms with Gasteiger partial charge >= 0.3 is 294 Å². The third kappa shape index (κ3) is 6.94. The average molecular weight is 1000 g/mol. The monoisotopic (exact) mass is 1000 g/mol. The maximum absolute atomic E-state index is 2.50. The average Bonchev–Trinajstić information content (AvgIpc) is 3.83. The van der Waals surface area contributed by atoms with Crippen LogP contribution in [0.4, 0.5) is 0 Å². The fourth-order valence-corrected chi connectivity index (χ4v) is 32.8. The van der Waals surface area contributed by atoms with Gasteiger partial charge in [0.2, 0.25) is 0 Å². The van der Waals surface area contributed by atoms with Gasteiger partial charge in [0.05, 0.1) is 0 Å². The summed E-state index contributed by atoms with van der Waals surface area (Å²) < 4.78 is 8.35. The maximum atomic E-state index is 2.50. The van der Waals surface area contributed by atoms with Crippen LogP contribution >= 0.6 is 24.8 Å². The van der Waals surface area contributed by atoms with E-state index in [0.717, 1.165) is 0 Å². The second-order valence-corrected chi connectivity index (χ2v) is 35.6. The summed E-state index contributed by atoms with van der Waals surface area (Å²) in [6.45, 7) is 14.1. The van der Waals surface area contributed by atoms with Crippen LogP contribution in [0.15, 0.2) is 139 Å². The Kier molecular flexibility index (Phi) is 12.3. The number of benzene rings is 4. The Morgan fingerprint density at radius 1 is 0.458 bits per heavy atom. The molecule has 4 heteroatoms. The van der Waals surface area contributed by atoms with E-state index < -0.39 is 41.9 Å². The Hall–Kier alpha value is -2.10. The molecule has 0 fully saturated rings. The minimum absolute atomic E-state index is 0. The molecular formula is C44H46Cl2Hf2. The van der Waals surface area contributed by atoms with Crippen molar-refractivity contribution >= 4 is 31.3 Å². The molecule has 0 atom stereocenters. The van der Waals surface area contributed by atoms with Crippen molar-refractivity contribution in [2.45, 2.75) is 61.7 Å². The summed E-state index contributed by atoms with van der Waals surface area (Å²) in [4.78, 5) is 0. The van der Waals surface area contributed by atoms with Crippen molar-refractivity contribution in [3.8, 4) is 22.3 Å². The van der Waals surface area contributed by atoms with E-state index in [1.165, 1.54) is 46.2 Å². The first-order valence-electron chi connectivity index (χ1n) is 16.8. The summed E-state index contributed by atoms with van der Waals surface area (Å²) in [6, 6.07) is 36.4. The first-order valence-corrected chi connectivity index (χ1v) is 28.1. The predicted octanol–water partition coefficient (Wildman–Crippen LogP) is 12.5. The van der Waals surface area contributed by atoms with E-state index in [9.17, 15) is 0 Å². The summed E-state index contributed by atoms with van der Waals surface area (Å²) in [5.74, 6) is 0. The molecule has 0 N–H and O–H groups in total. The molecule has 48 heavy (non-hydrogen) atoms. The smallest absolute Gasteiger partial charge is 0.147 e. The molecule has 4 aliphatic rings. The molecule has 8 rings (SSSR count). The second-order valence-electron chi connectivity index (χ2n) is 13.7. The Labute approximate surface area is 315 Å². The van der Waals surface area contributed by atoms with E-state index >= 15 is 0 Å². The molecule has 0 radical (unpaired) electrons. The molecule has 0 spiro atoms. The number of rotatable bonds is 4. The van der Waals surface area contributed by atoms with Crippen molar-refractivity contribution in [2.24, 2.45) is 0 Å². The summed E-state index contributed by atoms with van der Waals surface area (Å²) in [5, 5.41) is 0. The van der Waals surface area contributed by atoms with Gasteiger partial charge in [-0.1, -0.05) is 0 Å². The quantitative estimate of drug-likeness (QED) is 0.179. The number of hydrogen-bond acceptors (Lipinski definition) is 0. The molecule has 0 aromatic heterocycles. The van der Waals surface area contributed by atoms with Crippen molar-refractivity contribution < 1.29 is 41.9 Å². The van der Waals surface area contributed by atoms with Gasteiger partial charge in [-0.25, -0.2) is 0 Å². The third-order valence-corrected chi connectivity index (χ3v) is 33.9. The number of allylic oxidation sites excluding steroid dienone is 8. The van der Waals surface area contributed by atoms with Gasteiger partial charge in [0, 0.05) is 0 Å². The summed E-state index contributed by atoms with van der Waals surface area (Å²) in [5.41, 5.74) is 15.2. The van der Waals surface area contributed by atoms with Crippen LogP contribution in [0.2, 0.25) is 0 Å². The van der Waals surface area contributed by atoms with Crippen LogP contribution in [0.5, 0.6) is 0 Å². The molecule has 4 aliphatic carbocycles. The molecule has 0 heterocycles. The Morgan fingerprint density at radius 3 is 0.958 bits per heavy atom. The SMILES string of the molecule is CC1=CC[C]([Hf](=[C](C)C)[CH]2c3ccccc3-c3ccccc32)=C1.CC1=CC[C]([Hf](=[C](C)C)[CH]2c3ccccc3-c3ccccc32)=C1.Cl.Cl. The van der Waals surface area contributed by atoms with Crippen molar-refractivity contribution in [2.75, 3.05) is 0 Å². The van der Waals surface area contributed by atoms with Gasteiger partial charge in [-0.15, -0.1) is 24.8 Å². The normalized spacial score (nSPS) is 15.1. The molecule has 4 aromatic rings. The largest absolute Gasteiger partial charge is 0.147 e. The molecular weight excluding hydrogens is 956 g/mol. The summed E-state index contributed by atoms with van der Waals surface area (Å²) >= 11 is -4.20. The van der Waals surface area contributed by atoms with Crippen molar-refractivity contribution in [3.05, 3.63) is 161 Å². The standard InChI is InChI=1S/2C13H9.2C6H7.2C3H6.2ClH.2Hf/c2*1-3-7-12-10(5-1)9-11-6-2-4-8-13(11)12;2*1-6-4-2-3-5-6;2*1-3-2;;;;/h2*1-9H;2*4-5H,2H2,1H3;2*1-2H3;2*1H;;. The molecule has 0 aliphatic heterocycles. The fraction of sp³-hybridized carbons (Fsp3) is 0.227. The van der Waals surface area contributed by atoms with Crippen LogP contribution in [0, 0.1) is 0 Å². The van der Waals surface area contributed by atoms with Gasteiger partial charge in [0.25, 0.3) is 0 Å². The fourth-order valence-electron chi connectivity index (χ4n) is 8.23. The third-order valence-electron chi connectivity index (χ3n) is 10.1. The van der Waals surface area contributed by atoms with E-state index in [0.29, 0.717) is 7.35 Å². The first kappa shape index (κ1) is 37.2. The Morgan fingerprint density at radius 2 is 0.729 bits per heavy atom. The van der Waals surface area contributed by atoms with Crippen LogP contribution in [0.3, 0.4) is 0 Å². The van der Waals surface area contributed by atoms with Gasteiger partial charge in [-0.3, -0.25) is 0 Å². The number of hydrogen-bond donors (Lipinski definition) is 0. The zero-order chi connectivity index (χ0) is 31.9. The number of fused-ring (bicyclic) bond motifs is 6. The Bertz CT molecular complexity index is 1820. The maximum Gasteiger partial charge on any atom is -0.147 e. The first-order chi connectivity index (χ1) is 22.3. The van der Waals surface area contributed by atoms with E-state index in [-0.39, 0.29) is 24.8 Å². The second kappa shape index (κ2) is 15.8. The van der Waals surface area contributed by atoms with E-state index in [1.807, 2.05) is 0 Å². The predicted molar refractivity (Wildman–Crippen MR) is 208 cm³/mol. The van der Waals surface area contributed by atoms with Crippen molar-refractivity contribution in [1.82, 2.24) is 0 Å². The topological polar surface area (TPSA) is 0 Å². The zero-order valence-corrected chi connectivity index (χ0v) is 37.8. The molecule has 4 aromatic carbocycles. The minimum atomic E-state index is -2.10. The van der Waals surface area contributed by atoms with E-state index in [1.54, 1.807) is 35.4 Å². The summed E-state index contributed by atoms with van der Waals surface area (Å²) in [7, 11) is 0. The molecule has 0 nitrogen and oxygen atoms in total. The van der Waals surface area contributed by atoms with Crippen LogP contribution in [-0.4, -0.2) is 6.51 Å². The summed E-state index contributed by atoms with van der Waals surface area (Å²) in [6.07, 6.45) is 12.2. The molecule has 0 saturated heterocycles. The van der Waals surface area contributed by atoms with Gasteiger partial charge in [0.1, 0.15) is 0 Å². The number of halogens is 2. The van der Waals surface area contributed by atoms with Crippen molar-refractivity contribution in [1.29, 1.82) is 0 Å². The molecule has 244 valence electrons. The van der Waals surface area contributed by atoms with Gasteiger partial charge < -0.3 is 0 Å². The molecule has 0 saturated carbocycles.